The van der Waals surface area contributed by atoms with E-state index < -0.39 is 35.0 Å². The van der Waals surface area contributed by atoms with Gasteiger partial charge >= 0.3 is 5.97 Å². The maximum atomic E-state index is 13.4. The average molecular weight is 264 g/mol. The number of carboxylic acids is 1. The molecule has 0 fully saturated rings. The predicted octanol–water partition coefficient (Wildman–Crippen LogP) is 3.56. The minimum atomic E-state index is -2.94. The first-order valence-electron chi connectivity index (χ1n) is 5.14. The van der Waals surface area contributed by atoms with Gasteiger partial charge in [-0.05, 0) is 38.0 Å². The Hall–Kier alpha value is -1.59. The molecule has 18 heavy (non-hydrogen) atoms. The van der Waals surface area contributed by atoms with Gasteiger partial charge < -0.3 is 5.11 Å². The van der Waals surface area contributed by atoms with E-state index in [9.17, 15) is 22.4 Å². The van der Waals surface area contributed by atoms with E-state index in [0.29, 0.717) is 6.07 Å². The summed E-state index contributed by atoms with van der Waals surface area (Å²) < 4.78 is 51.4. The van der Waals surface area contributed by atoms with E-state index >= 15 is 0 Å². The molecule has 0 unspecified atom stereocenters. The van der Waals surface area contributed by atoms with Crippen LogP contribution in [-0.4, -0.2) is 11.1 Å². The number of benzene rings is 1. The summed E-state index contributed by atoms with van der Waals surface area (Å²) >= 11 is 0. The maximum Gasteiger partial charge on any atom is 0.309 e. The normalized spacial score (nSPS) is 11.9. The zero-order valence-corrected chi connectivity index (χ0v) is 9.81. The van der Waals surface area contributed by atoms with E-state index in [1.54, 1.807) is 0 Å². The molecular weight excluding hydrogens is 252 g/mol. The van der Waals surface area contributed by atoms with E-state index in [0.717, 1.165) is 6.07 Å². The molecule has 1 aromatic rings. The molecule has 2 nitrogen and oxygen atoms in total. The molecule has 0 radical (unpaired) electrons. The minimum absolute atomic E-state index is 0.363. The Morgan fingerprint density at radius 2 is 1.89 bits per heavy atom. The molecule has 0 amide bonds. The van der Waals surface area contributed by atoms with Crippen LogP contribution in [0, 0.1) is 17.0 Å². The van der Waals surface area contributed by atoms with Crippen LogP contribution < -0.4 is 0 Å². The van der Waals surface area contributed by atoms with E-state index in [2.05, 4.69) is 0 Å². The van der Waals surface area contributed by atoms with Gasteiger partial charge in [0.15, 0.2) is 11.6 Å². The third-order valence-electron chi connectivity index (χ3n) is 2.59. The van der Waals surface area contributed by atoms with E-state index in [4.69, 9.17) is 5.11 Å². The summed E-state index contributed by atoms with van der Waals surface area (Å²) in [4.78, 5) is 10.9. The number of aliphatic carboxylic acids is 1. The van der Waals surface area contributed by atoms with Crippen molar-refractivity contribution in [3.63, 3.8) is 0 Å². The Balaban J connectivity index is 3.20. The predicted molar refractivity (Wildman–Crippen MR) is 56.4 cm³/mol. The molecule has 0 spiro atoms. The van der Waals surface area contributed by atoms with E-state index in [1.807, 2.05) is 0 Å². The van der Waals surface area contributed by atoms with E-state index in [-0.39, 0.29) is 12.0 Å². The van der Waals surface area contributed by atoms with Crippen LogP contribution in [0.5, 0.6) is 0 Å². The largest absolute Gasteiger partial charge is 0.481 e. The fourth-order valence-corrected chi connectivity index (χ4v) is 1.48. The molecule has 0 heterocycles. The number of carboxylic acid groups (broad SMARTS) is 1. The fraction of sp³-hybridized carbons (Fsp3) is 0.417. The maximum absolute atomic E-state index is 13.4. The van der Waals surface area contributed by atoms with Gasteiger partial charge in [-0.15, -0.1) is 0 Å². The second-order valence-corrected chi connectivity index (χ2v) is 4.64. The number of alkyl halides is 2. The number of rotatable bonds is 4. The number of carbonyl (C=O) groups is 1. The standard InChI is InChI=1S/C12H12F4O2/c1-12(2,11(17)18)5-7-3-6(10(15)16)4-8(13)9(7)14/h3-4,10H,5H2,1-2H3,(H,17,18). The summed E-state index contributed by atoms with van der Waals surface area (Å²) in [5.74, 6) is -3.90. The first-order valence-corrected chi connectivity index (χ1v) is 5.14. The first kappa shape index (κ1) is 14.5. The van der Waals surface area contributed by atoms with Crippen LogP contribution in [0.25, 0.3) is 0 Å². The summed E-state index contributed by atoms with van der Waals surface area (Å²) in [7, 11) is 0. The van der Waals surface area contributed by atoms with Crippen LogP contribution in [0.1, 0.15) is 31.4 Å². The van der Waals surface area contributed by atoms with Gasteiger partial charge in [0.05, 0.1) is 5.41 Å². The molecule has 1 rings (SSSR count). The van der Waals surface area contributed by atoms with Crippen molar-refractivity contribution in [3.8, 4) is 0 Å². The van der Waals surface area contributed by atoms with Crippen LogP contribution in [-0.2, 0) is 11.2 Å². The Labute approximate surface area is 101 Å². The van der Waals surface area contributed by atoms with Crippen LogP contribution in [0.15, 0.2) is 12.1 Å². The molecule has 0 aliphatic heterocycles. The summed E-state index contributed by atoms with van der Waals surface area (Å²) in [5.41, 5.74) is -2.39. The van der Waals surface area contributed by atoms with Gasteiger partial charge in [-0.25, -0.2) is 17.6 Å². The third kappa shape index (κ3) is 3.00. The second kappa shape index (κ2) is 4.96. The van der Waals surface area contributed by atoms with Gasteiger partial charge in [-0.1, -0.05) is 0 Å². The van der Waals surface area contributed by atoms with Gasteiger partial charge in [0.1, 0.15) is 0 Å². The zero-order chi connectivity index (χ0) is 14.1. The Kier molecular flexibility index (Phi) is 3.98. The SMILES string of the molecule is CC(C)(Cc1cc(C(F)F)cc(F)c1F)C(=O)O. The molecular formula is C12H12F4O2. The zero-order valence-electron chi connectivity index (χ0n) is 9.81. The molecule has 1 aromatic carbocycles. The van der Waals surface area contributed by atoms with Gasteiger partial charge in [-0.3, -0.25) is 4.79 Å². The van der Waals surface area contributed by atoms with Crippen molar-refractivity contribution in [2.75, 3.05) is 0 Å². The lowest BCUT2D eigenvalue weighted by atomic mass is 9.85. The lowest BCUT2D eigenvalue weighted by Crippen LogP contribution is -2.26. The van der Waals surface area contributed by atoms with Crippen molar-refractivity contribution < 1.29 is 27.5 Å². The highest BCUT2D eigenvalue weighted by Gasteiger charge is 2.30. The first-order chi connectivity index (χ1) is 8.15. The molecule has 6 heteroatoms. The highest BCUT2D eigenvalue weighted by atomic mass is 19.3. The van der Waals surface area contributed by atoms with Crippen molar-refractivity contribution >= 4 is 5.97 Å². The summed E-state index contributed by atoms with van der Waals surface area (Å²) in [6, 6.07) is 1.21. The molecule has 0 aliphatic rings. The monoisotopic (exact) mass is 264 g/mol. The average Bonchev–Trinajstić information content (AvgIpc) is 2.23. The van der Waals surface area contributed by atoms with Crippen LogP contribution in [0.4, 0.5) is 17.6 Å². The molecule has 100 valence electrons. The van der Waals surface area contributed by atoms with E-state index in [1.165, 1.54) is 13.8 Å². The topological polar surface area (TPSA) is 37.3 Å². The van der Waals surface area contributed by atoms with Gasteiger partial charge in [0.2, 0.25) is 0 Å². The number of hydrogen-bond acceptors (Lipinski definition) is 1. The fourth-order valence-electron chi connectivity index (χ4n) is 1.48. The highest BCUT2D eigenvalue weighted by molar-refractivity contribution is 5.74. The summed E-state index contributed by atoms with van der Waals surface area (Å²) in [6.45, 7) is 2.61. The van der Waals surface area contributed by atoms with Crippen molar-refractivity contribution in [2.24, 2.45) is 5.41 Å². The molecule has 0 bridgehead atoms. The minimum Gasteiger partial charge on any atom is -0.481 e. The van der Waals surface area contributed by atoms with Gasteiger partial charge in [0.25, 0.3) is 6.43 Å². The van der Waals surface area contributed by atoms with Crippen molar-refractivity contribution in [3.05, 3.63) is 34.9 Å². The molecule has 0 aliphatic carbocycles. The lowest BCUT2D eigenvalue weighted by molar-refractivity contribution is -0.146. The second-order valence-electron chi connectivity index (χ2n) is 4.64. The van der Waals surface area contributed by atoms with Gasteiger partial charge in [-0.2, -0.15) is 0 Å². The summed E-state index contributed by atoms with van der Waals surface area (Å²) in [5, 5.41) is 8.88. The van der Waals surface area contributed by atoms with Crippen LogP contribution >= 0.6 is 0 Å². The smallest absolute Gasteiger partial charge is 0.309 e. The third-order valence-corrected chi connectivity index (χ3v) is 2.59. The van der Waals surface area contributed by atoms with Gasteiger partial charge in [0, 0.05) is 5.56 Å². The van der Waals surface area contributed by atoms with Crippen molar-refractivity contribution in [2.45, 2.75) is 26.7 Å². The molecule has 1 N–H and O–H groups in total. The number of halogens is 4. The Bertz CT molecular complexity index is 469. The van der Waals surface area contributed by atoms with Crippen LogP contribution in [0.3, 0.4) is 0 Å². The molecule has 0 aromatic heterocycles. The molecule has 0 atom stereocenters. The highest BCUT2D eigenvalue weighted by Crippen LogP contribution is 2.28. The molecule has 0 saturated heterocycles. The lowest BCUT2D eigenvalue weighted by Gasteiger charge is -2.20. The van der Waals surface area contributed by atoms with Crippen molar-refractivity contribution in [1.82, 2.24) is 0 Å². The quantitative estimate of drug-likeness (QED) is 0.844. The van der Waals surface area contributed by atoms with Crippen LogP contribution in [0.2, 0.25) is 0 Å². The Morgan fingerprint density at radius 1 is 1.33 bits per heavy atom. The number of hydrogen-bond donors (Lipinski definition) is 1. The summed E-state index contributed by atoms with van der Waals surface area (Å²) in [6.07, 6.45) is -3.31. The van der Waals surface area contributed by atoms with Crippen molar-refractivity contribution in [1.29, 1.82) is 0 Å². The molecule has 0 saturated carbocycles. The Morgan fingerprint density at radius 3 is 2.33 bits per heavy atom.